The Morgan fingerprint density at radius 3 is 2.36 bits per heavy atom. The Bertz CT molecular complexity index is 852. The lowest BCUT2D eigenvalue weighted by Crippen LogP contribution is -2.19. The van der Waals surface area contributed by atoms with E-state index in [9.17, 15) is 4.79 Å². The lowest BCUT2D eigenvalue weighted by molar-refractivity contribution is -0.115. The van der Waals surface area contributed by atoms with E-state index in [1.165, 1.54) is 6.92 Å². The van der Waals surface area contributed by atoms with Crippen molar-refractivity contribution in [1.29, 1.82) is 0 Å². The molecule has 0 aliphatic rings. The Labute approximate surface area is 167 Å². The highest BCUT2D eigenvalue weighted by Crippen LogP contribution is 2.26. The lowest BCUT2D eigenvalue weighted by Gasteiger charge is -2.12. The van der Waals surface area contributed by atoms with Gasteiger partial charge in [0, 0.05) is 24.6 Å². The highest BCUT2D eigenvalue weighted by Gasteiger charge is 2.08. The normalized spacial score (nSPS) is 12.2. The Balaban J connectivity index is 2.28. The summed E-state index contributed by atoms with van der Waals surface area (Å²) < 4.78 is 11.2. The van der Waals surface area contributed by atoms with Crippen molar-refractivity contribution >= 4 is 17.2 Å². The lowest BCUT2D eigenvalue weighted by atomic mass is 10.0. The van der Waals surface area contributed by atoms with Crippen LogP contribution in [0.25, 0.3) is 5.57 Å². The molecule has 2 aromatic rings. The number of allylic oxidation sites excluding steroid dienone is 2. The molecule has 28 heavy (non-hydrogen) atoms. The summed E-state index contributed by atoms with van der Waals surface area (Å²) in [5.41, 5.74) is 3.38. The number of hydrogen-bond donors (Lipinski definition) is 0. The fourth-order valence-corrected chi connectivity index (χ4v) is 2.67. The molecule has 0 saturated carbocycles. The Morgan fingerprint density at radius 1 is 1.07 bits per heavy atom. The molecule has 5 heteroatoms. The molecule has 0 aliphatic carbocycles. The standard InChI is InChI=1S/C23H28N2O3/c1-17(21-8-6-7-9-23(21)27-5)16-22(24-18(2)26)19-10-12-20(13-11-19)28-15-14-25(3)4/h6-13,16H,14-15H2,1-5H3/b17-16+,24-22?. The van der Waals surface area contributed by atoms with Crippen molar-refractivity contribution in [2.24, 2.45) is 4.99 Å². The van der Waals surface area contributed by atoms with E-state index in [0.29, 0.717) is 12.3 Å². The fourth-order valence-electron chi connectivity index (χ4n) is 2.67. The Hall–Kier alpha value is -2.92. The zero-order chi connectivity index (χ0) is 20.5. The molecule has 0 spiro atoms. The number of rotatable bonds is 8. The molecular weight excluding hydrogens is 352 g/mol. The maximum atomic E-state index is 11.7. The maximum absolute atomic E-state index is 11.7. The predicted molar refractivity (Wildman–Crippen MR) is 114 cm³/mol. The van der Waals surface area contributed by atoms with Crippen LogP contribution in [-0.2, 0) is 4.79 Å². The molecule has 0 N–H and O–H groups in total. The zero-order valence-corrected chi connectivity index (χ0v) is 17.2. The second-order valence-corrected chi connectivity index (χ2v) is 6.72. The number of hydrogen-bond acceptors (Lipinski definition) is 4. The smallest absolute Gasteiger partial charge is 0.243 e. The summed E-state index contributed by atoms with van der Waals surface area (Å²) in [6, 6.07) is 15.4. The number of aliphatic imine (C=N–C) groups is 1. The van der Waals surface area contributed by atoms with Crippen LogP contribution in [0.1, 0.15) is 25.0 Å². The van der Waals surface area contributed by atoms with Crippen LogP contribution >= 0.6 is 0 Å². The summed E-state index contributed by atoms with van der Waals surface area (Å²) in [4.78, 5) is 17.9. The fraction of sp³-hybridized carbons (Fsp3) is 0.304. The number of methoxy groups -OCH3 is 1. The summed E-state index contributed by atoms with van der Waals surface area (Å²) in [7, 11) is 5.66. The summed E-state index contributed by atoms with van der Waals surface area (Å²) >= 11 is 0. The van der Waals surface area contributed by atoms with E-state index >= 15 is 0 Å². The molecule has 148 valence electrons. The molecule has 2 rings (SSSR count). The average Bonchev–Trinajstić information content (AvgIpc) is 2.67. The van der Waals surface area contributed by atoms with Crippen molar-refractivity contribution in [3.63, 3.8) is 0 Å². The monoisotopic (exact) mass is 380 g/mol. The molecule has 0 atom stereocenters. The van der Waals surface area contributed by atoms with Crippen LogP contribution in [0.2, 0.25) is 0 Å². The van der Waals surface area contributed by atoms with E-state index in [2.05, 4.69) is 9.89 Å². The number of ether oxygens (including phenoxy) is 2. The van der Waals surface area contributed by atoms with Crippen LogP contribution in [-0.4, -0.2) is 50.9 Å². The molecule has 0 radical (unpaired) electrons. The first-order valence-corrected chi connectivity index (χ1v) is 9.19. The zero-order valence-electron chi connectivity index (χ0n) is 17.2. The molecule has 0 aromatic heterocycles. The maximum Gasteiger partial charge on any atom is 0.243 e. The van der Waals surface area contributed by atoms with Gasteiger partial charge in [0.2, 0.25) is 5.91 Å². The van der Waals surface area contributed by atoms with Gasteiger partial charge in [-0.15, -0.1) is 0 Å². The van der Waals surface area contributed by atoms with Crippen LogP contribution in [0.3, 0.4) is 0 Å². The van der Waals surface area contributed by atoms with Gasteiger partial charge in [-0.1, -0.05) is 18.2 Å². The van der Waals surface area contributed by atoms with Crippen LogP contribution < -0.4 is 9.47 Å². The van der Waals surface area contributed by atoms with Crippen LogP contribution in [0, 0.1) is 0 Å². The molecule has 0 unspecified atom stereocenters. The Kier molecular flexibility index (Phi) is 7.96. The van der Waals surface area contributed by atoms with Gasteiger partial charge in [0.15, 0.2) is 0 Å². The number of carbonyl (C=O) groups is 1. The topological polar surface area (TPSA) is 51.1 Å². The first-order chi connectivity index (χ1) is 13.4. The van der Waals surface area contributed by atoms with Gasteiger partial charge in [-0.2, -0.15) is 0 Å². The largest absolute Gasteiger partial charge is 0.496 e. The van der Waals surface area contributed by atoms with Crippen molar-refractivity contribution in [3.8, 4) is 11.5 Å². The summed E-state index contributed by atoms with van der Waals surface area (Å²) in [5.74, 6) is 1.33. The molecule has 0 fully saturated rings. The third-order valence-corrected chi connectivity index (χ3v) is 4.12. The van der Waals surface area contributed by atoms with Gasteiger partial charge in [0.25, 0.3) is 0 Å². The van der Waals surface area contributed by atoms with Crippen LogP contribution in [0.15, 0.2) is 59.6 Å². The van der Waals surface area contributed by atoms with Gasteiger partial charge in [-0.3, -0.25) is 4.79 Å². The van der Waals surface area contributed by atoms with Gasteiger partial charge < -0.3 is 14.4 Å². The van der Waals surface area contributed by atoms with E-state index in [1.54, 1.807) is 7.11 Å². The van der Waals surface area contributed by atoms with Gasteiger partial charge in [-0.05, 0) is 63.0 Å². The minimum absolute atomic E-state index is 0.245. The van der Waals surface area contributed by atoms with E-state index in [-0.39, 0.29) is 5.91 Å². The third-order valence-electron chi connectivity index (χ3n) is 4.12. The van der Waals surface area contributed by atoms with E-state index in [1.807, 2.05) is 75.6 Å². The minimum atomic E-state index is -0.245. The van der Waals surface area contributed by atoms with E-state index in [4.69, 9.17) is 9.47 Å². The van der Waals surface area contributed by atoms with Gasteiger partial charge >= 0.3 is 0 Å². The molecule has 0 bridgehead atoms. The SMILES string of the molecule is COc1ccccc1/C(C)=C/C(=NC(C)=O)c1ccc(OCCN(C)C)cc1. The second-order valence-electron chi connectivity index (χ2n) is 6.72. The van der Waals surface area contributed by atoms with Gasteiger partial charge in [0.05, 0.1) is 12.8 Å². The van der Waals surface area contributed by atoms with Crippen LogP contribution in [0.5, 0.6) is 11.5 Å². The number of nitrogens with zero attached hydrogens (tertiary/aromatic N) is 2. The molecule has 0 heterocycles. The number of benzene rings is 2. The van der Waals surface area contributed by atoms with Gasteiger partial charge in [-0.25, -0.2) is 4.99 Å². The van der Waals surface area contributed by atoms with Crippen molar-refractivity contribution in [2.75, 3.05) is 34.4 Å². The first-order valence-electron chi connectivity index (χ1n) is 9.19. The number of amides is 1. The van der Waals surface area contributed by atoms with Crippen molar-refractivity contribution in [1.82, 2.24) is 4.90 Å². The Morgan fingerprint density at radius 2 is 1.75 bits per heavy atom. The molecular formula is C23H28N2O3. The predicted octanol–water partition coefficient (Wildman–Crippen LogP) is 4.07. The minimum Gasteiger partial charge on any atom is -0.496 e. The first kappa shape index (κ1) is 21.4. The number of para-hydroxylation sites is 1. The highest BCUT2D eigenvalue weighted by molar-refractivity contribution is 6.15. The van der Waals surface area contributed by atoms with E-state index < -0.39 is 0 Å². The van der Waals surface area contributed by atoms with Crippen molar-refractivity contribution in [3.05, 3.63) is 65.7 Å². The highest BCUT2D eigenvalue weighted by atomic mass is 16.5. The average molecular weight is 380 g/mol. The third kappa shape index (κ3) is 6.35. The molecule has 0 saturated heterocycles. The quantitative estimate of drug-likeness (QED) is 0.648. The number of likely N-dealkylation sites (N-methyl/N-ethyl adjacent to an activating group) is 1. The summed E-state index contributed by atoms with van der Waals surface area (Å²) in [6.07, 6.45) is 1.90. The molecule has 5 nitrogen and oxygen atoms in total. The molecule has 0 aliphatic heterocycles. The number of carbonyl (C=O) groups excluding carboxylic acids is 1. The molecule has 1 amide bonds. The van der Waals surface area contributed by atoms with Crippen molar-refractivity contribution in [2.45, 2.75) is 13.8 Å². The molecule has 2 aromatic carbocycles. The summed E-state index contributed by atoms with van der Waals surface area (Å²) in [6.45, 7) is 4.89. The van der Waals surface area contributed by atoms with Crippen LogP contribution in [0.4, 0.5) is 0 Å². The van der Waals surface area contributed by atoms with Crippen molar-refractivity contribution < 1.29 is 14.3 Å². The van der Waals surface area contributed by atoms with Gasteiger partial charge in [0.1, 0.15) is 18.1 Å². The second kappa shape index (κ2) is 10.4. The van der Waals surface area contributed by atoms with E-state index in [0.717, 1.165) is 34.7 Å². The summed E-state index contributed by atoms with van der Waals surface area (Å²) in [5, 5.41) is 0.